The minimum Gasteiger partial charge on any atom is -0.308 e. The third-order valence-corrected chi connectivity index (χ3v) is 4.53. The Kier molecular flexibility index (Phi) is 4.18. The zero-order valence-corrected chi connectivity index (χ0v) is 13.2. The third-order valence-electron chi connectivity index (χ3n) is 3.52. The van der Waals surface area contributed by atoms with Crippen LogP contribution < -0.4 is 5.32 Å². The summed E-state index contributed by atoms with van der Waals surface area (Å²) in [6.07, 6.45) is 3.78. The monoisotopic (exact) mass is 297 g/mol. The minimum absolute atomic E-state index is 0.838. The lowest BCUT2D eigenvalue weighted by Crippen LogP contribution is -2.14. The molecule has 108 valence electrons. The molecule has 0 bridgehead atoms. The van der Waals surface area contributed by atoms with Gasteiger partial charge in [-0.3, -0.25) is 0 Å². The van der Waals surface area contributed by atoms with Crippen LogP contribution >= 0.6 is 11.3 Å². The highest BCUT2D eigenvalue weighted by atomic mass is 32.1. The van der Waals surface area contributed by atoms with Gasteiger partial charge in [0.2, 0.25) is 0 Å². The Morgan fingerprint density at radius 3 is 2.62 bits per heavy atom. The van der Waals surface area contributed by atoms with Crippen LogP contribution in [0.5, 0.6) is 0 Å². The Morgan fingerprint density at radius 2 is 1.90 bits per heavy atom. The van der Waals surface area contributed by atoms with Crippen molar-refractivity contribution in [2.24, 2.45) is 0 Å². The SMILES string of the molecule is Cc1cc(CNCc2ccccc2-n2cccn2)c(C)s1. The highest BCUT2D eigenvalue weighted by Gasteiger charge is 2.05. The molecule has 21 heavy (non-hydrogen) atoms. The number of rotatable bonds is 5. The van der Waals surface area contributed by atoms with Gasteiger partial charge < -0.3 is 5.32 Å². The number of benzene rings is 1. The molecular formula is C17H19N3S. The Morgan fingerprint density at radius 1 is 1.10 bits per heavy atom. The summed E-state index contributed by atoms with van der Waals surface area (Å²) in [5.41, 5.74) is 3.79. The molecule has 1 N–H and O–H groups in total. The lowest BCUT2D eigenvalue weighted by atomic mass is 10.1. The van der Waals surface area contributed by atoms with Gasteiger partial charge in [-0.25, -0.2) is 4.68 Å². The van der Waals surface area contributed by atoms with E-state index >= 15 is 0 Å². The van der Waals surface area contributed by atoms with Crippen molar-refractivity contribution >= 4 is 11.3 Å². The van der Waals surface area contributed by atoms with E-state index < -0.39 is 0 Å². The van der Waals surface area contributed by atoms with Crippen molar-refractivity contribution in [2.45, 2.75) is 26.9 Å². The summed E-state index contributed by atoms with van der Waals surface area (Å²) in [4.78, 5) is 2.78. The van der Waals surface area contributed by atoms with Gasteiger partial charge in [0.15, 0.2) is 0 Å². The minimum atomic E-state index is 0.838. The van der Waals surface area contributed by atoms with Crippen molar-refractivity contribution in [2.75, 3.05) is 0 Å². The van der Waals surface area contributed by atoms with Gasteiger partial charge in [0.1, 0.15) is 0 Å². The van der Waals surface area contributed by atoms with Crippen LogP contribution in [0.25, 0.3) is 5.69 Å². The number of aromatic nitrogens is 2. The first-order chi connectivity index (χ1) is 10.2. The zero-order chi connectivity index (χ0) is 14.7. The number of para-hydroxylation sites is 1. The summed E-state index contributed by atoms with van der Waals surface area (Å²) >= 11 is 1.86. The van der Waals surface area contributed by atoms with Crippen LogP contribution in [0.3, 0.4) is 0 Å². The van der Waals surface area contributed by atoms with E-state index in [1.54, 1.807) is 0 Å². The Labute approximate surface area is 129 Å². The maximum atomic E-state index is 4.32. The summed E-state index contributed by atoms with van der Waals surface area (Å²) in [5.74, 6) is 0. The predicted octanol–water partition coefficient (Wildman–Crippen LogP) is 3.84. The first kappa shape index (κ1) is 14.0. The van der Waals surface area contributed by atoms with Gasteiger partial charge in [-0.15, -0.1) is 11.3 Å². The lowest BCUT2D eigenvalue weighted by Gasteiger charge is -2.10. The van der Waals surface area contributed by atoms with Crippen molar-refractivity contribution in [1.82, 2.24) is 15.1 Å². The first-order valence-corrected chi connectivity index (χ1v) is 7.90. The van der Waals surface area contributed by atoms with Crippen molar-refractivity contribution in [3.05, 3.63) is 69.7 Å². The van der Waals surface area contributed by atoms with E-state index in [0.29, 0.717) is 0 Å². The van der Waals surface area contributed by atoms with Gasteiger partial charge in [-0.1, -0.05) is 18.2 Å². The maximum absolute atomic E-state index is 4.32. The number of hydrogen-bond donors (Lipinski definition) is 1. The van der Waals surface area contributed by atoms with Gasteiger partial charge in [0.25, 0.3) is 0 Å². The molecule has 3 rings (SSSR count). The second-order valence-electron chi connectivity index (χ2n) is 5.12. The van der Waals surface area contributed by atoms with Crippen LogP contribution in [0, 0.1) is 13.8 Å². The molecule has 3 nitrogen and oxygen atoms in total. The molecule has 0 radical (unpaired) electrons. The summed E-state index contributed by atoms with van der Waals surface area (Å²) in [6, 6.07) is 12.6. The summed E-state index contributed by atoms with van der Waals surface area (Å²) < 4.78 is 1.91. The molecule has 3 aromatic rings. The van der Waals surface area contributed by atoms with Crippen molar-refractivity contribution in [1.29, 1.82) is 0 Å². The molecule has 2 aromatic heterocycles. The van der Waals surface area contributed by atoms with E-state index in [1.807, 2.05) is 40.5 Å². The van der Waals surface area contributed by atoms with Crippen LogP contribution in [0.4, 0.5) is 0 Å². The van der Waals surface area contributed by atoms with Crippen LogP contribution in [0.1, 0.15) is 20.9 Å². The average Bonchev–Trinajstić information content (AvgIpc) is 3.10. The third kappa shape index (κ3) is 3.23. The van der Waals surface area contributed by atoms with E-state index in [-0.39, 0.29) is 0 Å². The van der Waals surface area contributed by atoms with Crippen molar-refractivity contribution in [3.63, 3.8) is 0 Å². The van der Waals surface area contributed by atoms with Gasteiger partial charge in [0.05, 0.1) is 5.69 Å². The molecule has 4 heteroatoms. The average molecular weight is 297 g/mol. The molecule has 0 saturated carbocycles. The standard InChI is InChI=1S/C17H19N3S/c1-13-10-16(14(2)21-13)12-18-11-15-6-3-4-7-17(15)20-9-5-8-19-20/h3-10,18H,11-12H2,1-2H3. The maximum Gasteiger partial charge on any atom is 0.0690 e. The molecular weight excluding hydrogens is 278 g/mol. The quantitative estimate of drug-likeness (QED) is 0.775. The van der Waals surface area contributed by atoms with Gasteiger partial charge in [-0.05, 0) is 43.2 Å². The van der Waals surface area contributed by atoms with E-state index in [1.165, 1.54) is 20.9 Å². The zero-order valence-electron chi connectivity index (χ0n) is 12.3. The number of nitrogens with one attached hydrogen (secondary N) is 1. The highest BCUT2D eigenvalue weighted by molar-refractivity contribution is 7.12. The van der Waals surface area contributed by atoms with Crippen LogP contribution in [0.2, 0.25) is 0 Å². The van der Waals surface area contributed by atoms with Gasteiger partial charge in [0, 0.05) is 35.2 Å². The topological polar surface area (TPSA) is 29.9 Å². The molecule has 0 amide bonds. The van der Waals surface area contributed by atoms with Crippen LogP contribution in [-0.4, -0.2) is 9.78 Å². The van der Waals surface area contributed by atoms with Crippen LogP contribution in [0.15, 0.2) is 48.8 Å². The lowest BCUT2D eigenvalue weighted by molar-refractivity contribution is 0.685. The predicted molar refractivity (Wildman–Crippen MR) is 87.9 cm³/mol. The fraction of sp³-hybridized carbons (Fsp3) is 0.235. The smallest absolute Gasteiger partial charge is 0.0690 e. The molecule has 1 aromatic carbocycles. The number of hydrogen-bond acceptors (Lipinski definition) is 3. The van der Waals surface area contributed by atoms with Gasteiger partial charge >= 0.3 is 0 Å². The molecule has 2 heterocycles. The molecule has 0 aliphatic carbocycles. The fourth-order valence-electron chi connectivity index (χ4n) is 2.49. The first-order valence-electron chi connectivity index (χ1n) is 7.08. The van der Waals surface area contributed by atoms with E-state index in [0.717, 1.165) is 18.8 Å². The molecule has 0 fully saturated rings. The van der Waals surface area contributed by atoms with E-state index in [2.05, 4.69) is 48.5 Å². The molecule has 0 aliphatic rings. The van der Waals surface area contributed by atoms with E-state index in [9.17, 15) is 0 Å². The summed E-state index contributed by atoms with van der Waals surface area (Å²) in [5, 5.41) is 7.86. The molecule has 0 spiro atoms. The summed E-state index contributed by atoms with van der Waals surface area (Å²) in [6.45, 7) is 6.09. The van der Waals surface area contributed by atoms with Crippen molar-refractivity contribution in [3.8, 4) is 5.69 Å². The fourth-order valence-corrected chi connectivity index (χ4v) is 3.43. The second-order valence-corrected chi connectivity index (χ2v) is 6.58. The number of thiophene rings is 1. The molecule has 0 saturated heterocycles. The Hall–Kier alpha value is -1.91. The Bertz CT molecular complexity index is 713. The van der Waals surface area contributed by atoms with Crippen LogP contribution in [-0.2, 0) is 13.1 Å². The Balaban J connectivity index is 1.70. The molecule has 0 aliphatic heterocycles. The van der Waals surface area contributed by atoms with Gasteiger partial charge in [-0.2, -0.15) is 5.10 Å². The van der Waals surface area contributed by atoms with E-state index in [4.69, 9.17) is 0 Å². The molecule has 0 unspecified atom stereocenters. The summed E-state index contributed by atoms with van der Waals surface area (Å²) in [7, 11) is 0. The normalized spacial score (nSPS) is 11.0. The number of aryl methyl sites for hydroxylation is 2. The highest BCUT2D eigenvalue weighted by Crippen LogP contribution is 2.20. The number of nitrogens with zero attached hydrogens (tertiary/aromatic N) is 2. The molecule has 0 atom stereocenters. The largest absolute Gasteiger partial charge is 0.308 e. The van der Waals surface area contributed by atoms with Crippen molar-refractivity contribution < 1.29 is 0 Å². The second kappa shape index (κ2) is 6.24.